The first-order valence-corrected chi connectivity index (χ1v) is 8.61. The minimum Gasteiger partial charge on any atom is -0.388 e. The number of aryl methyl sites for hydroxylation is 1. The van der Waals surface area contributed by atoms with Gasteiger partial charge in [0.2, 0.25) is 0 Å². The molecule has 0 amide bonds. The van der Waals surface area contributed by atoms with E-state index in [1.807, 2.05) is 6.92 Å². The first-order valence-electron chi connectivity index (χ1n) is 8.61. The summed E-state index contributed by atoms with van der Waals surface area (Å²) in [6.45, 7) is 6.64. The number of aromatic nitrogens is 2. The molecule has 0 aliphatic carbocycles. The molecule has 3 rings (SSSR count). The van der Waals surface area contributed by atoms with E-state index in [0.717, 1.165) is 51.0 Å². The highest BCUT2D eigenvalue weighted by Gasteiger charge is 2.33. The van der Waals surface area contributed by atoms with E-state index < -0.39 is 5.60 Å². The smallest absolute Gasteiger partial charge is 0.266 e. The number of aliphatic hydroxyl groups is 1. The first-order chi connectivity index (χ1) is 11.0. The number of hydrogen-bond donors (Lipinski definition) is 1. The molecule has 2 fully saturated rings. The second-order valence-corrected chi connectivity index (χ2v) is 7.05. The molecule has 1 N–H and O–H groups in total. The third-order valence-electron chi connectivity index (χ3n) is 5.08. The van der Waals surface area contributed by atoms with Gasteiger partial charge in [0.25, 0.3) is 5.56 Å². The molecule has 0 unspecified atom stereocenters. The van der Waals surface area contributed by atoms with Gasteiger partial charge in [-0.2, -0.15) is 5.10 Å². The Kier molecular flexibility index (Phi) is 5.14. The monoisotopic (exact) mass is 321 g/mol. The van der Waals surface area contributed by atoms with Crippen LogP contribution in [0.15, 0.2) is 16.9 Å². The number of β-amino-alcohol motifs (C(OH)–C–C–N with tert-alkyl or cyclic N) is 1. The quantitative estimate of drug-likeness (QED) is 0.889. The van der Waals surface area contributed by atoms with Crippen molar-refractivity contribution < 1.29 is 9.84 Å². The summed E-state index contributed by atoms with van der Waals surface area (Å²) in [4.78, 5) is 14.2. The maximum absolute atomic E-state index is 11.9. The predicted octanol–water partition coefficient (Wildman–Crippen LogP) is 0.805. The number of hydrogen-bond acceptors (Lipinski definition) is 5. The lowest BCUT2D eigenvalue weighted by Gasteiger charge is -2.39. The van der Waals surface area contributed by atoms with Crippen LogP contribution in [0.2, 0.25) is 0 Å². The van der Waals surface area contributed by atoms with Gasteiger partial charge < -0.3 is 14.7 Å². The topological polar surface area (TPSA) is 67.6 Å². The predicted molar refractivity (Wildman–Crippen MR) is 87.4 cm³/mol. The molecule has 0 radical (unpaired) electrons. The van der Waals surface area contributed by atoms with Crippen molar-refractivity contribution in [2.24, 2.45) is 5.92 Å². The summed E-state index contributed by atoms with van der Waals surface area (Å²) in [6, 6.07) is 3.36. The highest BCUT2D eigenvalue weighted by atomic mass is 16.5. The fourth-order valence-electron chi connectivity index (χ4n) is 3.58. The fourth-order valence-corrected chi connectivity index (χ4v) is 3.58. The minimum absolute atomic E-state index is 0.0189. The summed E-state index contributed by atoms with van der Waals surface area (Å²) in [6.07, 6.45) is 3.56. The van der Waals surface area contributed by atoms with Crippen LogP contribution >= 0.6 is 0 Å². The van der Waals surface area contributed by atoms with E-state index in [1.54, 1.807) is 16.8 Å². The Hall–Kier alpha value is -1.24. The summed E-state index contributed by atoms with van der Waals surface area (Å²) >= 11 is 0. The third kappa shape index (κ3) is 4.40. The molecule has 23 heavy (non-hydrogen) atoms. The van der Waals surface area contributed by atoms with Gasteiger partial charge in [-0.3, -0.25) is 4.79 Å². The number of ether oxygens (including phenoxy) is 1. The molecule has 0 bridgehead atoms. The van der Waals surface area contributed by atoms with Crippen LogP contribution in [0.1, 0.15) is 31.4 Å². The lowest BCUT2D eigenvalue weighted by molar-refractivity contribution is -0.0832. The summed E-state index contributed by atoms with van der Waals surface area (Å²) in [7, 11) is 0. The largest absolute Gasteiger partial charge is 0.388 e. The molecule has 6 heteroatoms. The molecule has 6 nitrogen and oxygen atoms in total. The lowest BCUT2D eigenvalue weighted by atomic mass is 9.91. The molecule has 0 saturated carbocycles. The van der Waals surface area contributed by atoms with E-state index in [4.69, 9.17) is 4.74 Å². The van der Waals surface area contributed by atoms with Crippen molar-refractivity contribution in [2.75, 3.05) is 32.8 Å². The minimum atomic E-state index is -0.583. The van der Waals surface area contributed by atoms with Crippen LogP contribution in [0.4, 0.5) is 0 Å². The molecule has 2 aliphatic heterocycles. The maximum atomic E-state index is 11.9. The molecule has 2 aliphatic rings. The van der Waals surface area contributed by atoms with Crippen LogP contribution < -0.4 is 5.56 Å². The zero-order valence-corrected chi connectivity index (χ0v) is 13.9. The van der Waals surface area contributed by atoms with E-state index in [2.05, 4.69) is 10.00 Å². The summed E-state index contributed by atoms with van der Waals surface area (Å²) < 4.78 is 6.94. The van der Waals surface area contributed by atoms with Crippen molar-refractivity contribution in [1.29, 1.82) is 0 Å². The number of rotatable bonds is 4. The van der Waals surface area contributed by atoms with Crippen LogP contribution in [-0.4, -0.2) is 58.2 Å². The van der Waals surface area contributed by atoms with Crippen molar-refractivity contribution in [3.63, 3.8) is 0 Å². The first kappa shape index (κ1) is 16.6. The summed E-state index contributed by atoms with van der Waals surface area (Å²) in [5.41, 5.74) is 0.276. The maximum Gasteiger partial charge on any atom is 0.266 e. The molecule has 3 heterocycles. The summed E-state index contributed by atoms with van der Waals surface area (Å²) in [5, 5.41) is 14.9. The SMILES string of the molecule is Cc1ccc(=O)n(CC2CCN(CC3(O)CCOCC3)CC2)n1. The van der Waals surface area contributed by atoms with Crippen LogP contribution in [0.5, 0.6) is 0 Å². The molecule has 0 spiro atoms. The molecule has 128 valence electrons. The Morgan fingerprint density at radius 3 is 2.70 bits per heavy atom. The fraction of sp³-hybridized carbons (Fsp3) is 0.765. The van der Waals surface area contributed by atoms with Crippen molar-refractivity contribution in [2.45, 2.75) is 44.8 Å². The zero-order valence-electron chi connectivity index (χ0n) is 13.9. The average Bonchev–Trinajstić information content (AvgIpc) is 2.53. The van der Waals surface area contributed by atoms with Crippen LogP contribution in [0.25, 0.3) is 0 Å². The molecular weight excluding hydrogens is 294 g/mol. The van der Waals surface area contributed by atoms with Gasteiger partial charge in [0.15, 0.2) is 0 Å². The van der Waals surface area contributed by atoms with Crippen molar-refractivity contribution in [1.82, 2.24) is 14.7 Å². The van der Waals surface area contributed by atoms with Gasteiger partial charge in [0, 0.05) is 45.2 Å². The second kappa shape index (κ2) is 7.11. The third-order valence-corrected chi connectivity index (χ3v) is 5.08. The van der Waals surface area contributed by atoms with E-state index in [-0.39, 0.29) is 5.56 Å². The highest BCUT2D eigenvalue weighted by Crippen LogP contribution is 2.25. The molecule has 0 aromatic carbocycles. The Labute approximate surface area is 137 Å². The van der Waals surface area contributed by atoms with E-state index in [1.165, 1.54) is 0 Å². The zero-order chi connectivity index (χ0) is 16.3. The van der Waals surface area contributed by atoms with E-state index in [9.17, 15) is 9.90 Å². The number of piperidine rings is 1. The van der Waals surface area contributed by atoms with Crippen molar-refractivity contribution in [3.8, 4) is 0 Å². The lowest BCUT2D eigenvalue weighted by Crippen LogP contribution is -2.49. The van der Waals surface area contributed by atoms with Gasteiger partial charge in [-0.25, -0.2) is 4.68 Å². The van der Waals surface area contributed by atoms with Gasteiger partial charge in [-0.1, -0.05) is 0 Å². The van der Waals surface area contributed by atoms with Gasteiger partial charge in [0.05, 0.1) is 11.3 Å². The van der Waals surface area contributed by atoms with Gasteiger partial charge >= 0.3 is 0 Å². The molecular formula is C17H27N3O3. The van der Waals surface area contributed by atoms with Crippen molar-refractivity contribution >= 4 is 0 Å². The standard InChI is InChI=1S/C17H27N3O3/c1-14-2-3-16(21)20(18-14)12-15-4-8-19(9-5-15)13-17(22)6-10-23-11-7-17/h2-3,15,22H,4-13H2,1H3. The van der Waals surface area contributed by atoms with Gasteiger partial charge in [-0.05, 0) is 44.8 Å². The number of likely N-dealkylation sites (tertiary alicyclic amines) is 1. The Bertz CT molecular complexity index is 573. The Morgan fingerprint density at radius 2 is 2.00 bits per heavy atom. The molecule has 2 saturated heterocycles. The summed E-state index contributed by atoms with van der Waals surface area (Å²) in [5.74, 6) is 0.489. The van der Waals surface area contributed by atoms with Gasteiger partial charge in [-0.15, -0.1) is 0 Å². The highest BCUT2D eigenvalue weighted by molar-refractivity contribution is 4.97. The Morgan fingerprint density at radius 1 is 1.30 bits per heavy atom. The molecule has 0 atom stereocenters. The van der Waals surface area contributed by atoms with Crippen LogP contribution in [-0.2, 0) is 11.3 Å². The van der Waals surface area contributed by atoms with Crippen LogP contribution in [0.3, 0.4) is 0 Å². The Balaban J connectivity index is 1.50. The number of nitrogens with zero attached hydrogens (tertiary/aromatic N) is 3. The van der Waals surface area contributed by atoms with Crippen molar-refractivity contribution in [3.05, 3.63) is 28.2 Å². The molecule has 1 aromatic heterocycles. The van der Waals surface area contributed by atoms with E-state index in [0.29, 0.717) is 25.7 Å². The molecule has 1 aromatic rings. The second-order valence-electron chi connectivity index (χ2n) is 7.05. The normalized spacial score (nSPS) is 23.0. The van der Waals surface area contributed by atoms with E-state index >= 15 is 0 Å². The van der Waals surface area contributed by atoms with Gasteiger partial charge in [0.1, 0.15) is 0 Å². The van der Waals surface area contributed by atoms with Crippen LogP contribution in [0, 0.1) is 12.8 Å². The average molecular weight is 321 g/mol.